The first kappa shape index (κ1) is 19.8. The molecule has 28 heavy (non-hydrogen) atoms. The number of hydrogen-bond donors (Lipinski definition) is 2. The van der Waals surface area contributed by atoms with Crippen LogP contribution in [0.3, 0.4) is 0 Å². The van der Waals surface area contributed by atoms with Gasteiger partial charge in [0, 0.05) is 17.3 Å². The van der Waals surface area contributed by atoms with Crippen molar-refractivity contribution in [1.82, 2.24) is 5.32 Å². The van der Waals surface area contributed by atoms with Crippen LogP contribution < -0.4 is 15.8 Å². The molecule has 0 fully saturated rings. The number of anilines is 1. The van der Waals surface area contributed by atoms with Gasteiger partial charge in [-0.25, -0.2) is 13.2 Å². The molecule has 3 N–H and O–H groups in total. The smallest absolute Gasteiger partial charge is 0.159 e. The highest BCUT2D eigenvalue weighted by molar-refractivity contribution is 5.51. The normalized spacial score (nSPS) is 13.2. The SMILES string of the molecule is COc1ccc(N)cc1C(NC(C)c1ccc(F)c(F)c1)c1ccc(F)cc1. The van der Waals surface area contributed by atoms with Crippen LogP contribution in [-0.4, -0.2) is 7.11 Å². The van der Waals surface area contributed by atoms with Gasteiger partial charge in [0.1, 0.15) is 11.6 Å². The van der Waals surface area contributed by atoms with Gasteiger partial charge in [-0.2, -0.15) is 0 Å². The van der Waals surface area contributed by atoms with E-state index in [0.29, 0.717) is 17.0 Å². The molecular formula is C22H21F3N2O. The molecule has 0 aliphatic rings. The van der Waals surface area contributed by atoms with Gasteiger partial charge in [0.25, 0.3) is 0 Å². The van der Waals surface area contributed by atoms with E-state index < -0.39 is 17.7 Å². The lowest BCUT2D eigenvalue weighted by molar-refractivity contribution is 0.400. The fourth-order valence-electron chi connectivity index (χ4n) is 3.13. The van der Waals surface area contributed by atoms with E-state index in [4.69, 9.17) is 10.5 Å². The number of halogens is 3. The number of methoxy groups -OCH3 is 1. The van der Waals surface area contributed by atoms with Gasteiger partial charge < -0.3 is 10.5 Å². The number of benzene rings is 3. The lowest BCUT2D eigenvalue weighted by Gasteiger charge is -2.26. The van der Waals surface area contributed by atoms with Gasteiger partial charge in [-0.15, -0.1) is 0 Å². The lowest BCUT2D eigenvalue weighted by atomic mass is 9.95. The minimum atomic E-state index is -0.911. The van der Waals surface area contributed by atoms with Crippen LogP contribution in [0.2, 0.25) is 0 Å². The number of hydrogen-bond acceptors (Lipinski definition) is 3. The highest BCUT2D eigenvalue weighted by Gasteiger charge is 2.22. The highest BCUT2D eigenvalue weighted by Crippen LogP contribution is 2.34. The average molecular weight is 386 g/mol. The molecule has 0 heterocycles. The summed E-state index contributed by atoms with van der Waals surface area (Å²) in [5.41, 5.74) is 8.62. The zero-order valence-corrected chi connectivity index (χ0v) is 15.5. The second-order valence-electron chi connectivity index (χ2n) is 6.55. The Morgan fingerprint density at radius 2 is 1.54 bits per heavy atom. The van der Waals surface area contributed by atoms with Gasteiger partial charge in [0.05, 0.1) is 13.2 Å². The molecule has 0 aliphatic carbocycles. The van der Waals surface area contributed by atoms with Crippen LogP contribution in [0.25, 0.3) is 0 Å². The van der Waals surface area contributed by atoms with Crippen molar-refractivity contribution >= 4 is 5.69 Å². The van der Waals surface area contributed by atoms with Gasteiger partial charge >= 0.3 is 0 Å². The molecule has 0 amide bonds. The van der Waals surface area contributed by atoms with Crippen molar-refractivity contribution in [3.63, 3.8) is 0 Å². The minimum Gasteiger partial charge on any atom is -0.496 e. The average Bonchev–Trinajstić information content (AvgIpc) is 2.69. The first-order chi connectivity index (χ1) is 13.4. The molecule has 0 aliphatic heterocycles. The lowest BCUT2D eigenvalue weighted by Crippen LogP contribution is -2.26. The Kier molecular flexibility index (Phi) is 5.90. The summed E-state index contributed by atoms with van der Waals surface area (Å²) in [5.74, 6) is -1.56. The summed E-state index contributed by atoms with van der Waals surface area (Å²) in [6.07, 6.45) is 0. The molecule has 3 aromatic carbocycles. The Morgan fingerprint density at radius 3 is 2.18 bits per heavy atom. The van der Waals surface area contributed by atoms with Crippen molar-refractivity contribution in [1.29, 1.82) is 0 Å². The first-order valence-electron chi connectivity index (χ1n) is 8.79. The molecular weight excluding hydrogens is 365 g/mol. The summed E-state index contributed by atoms with van der Waals surface area (Å²) in [7, 11) is 1.55. The molecule has 6 heteroatoms. The summed E-state index contributed by atoms with van der Waals surface area (Å²) < 4.78 is 45.8. The molecule has 3 rings (SSSR count). The molecule has 3 nitrogen and oxygen atoms in total. The quantitative estimate of drug-likeness (QED) is 0.577. The molecule has 2 atom stereocenters. The molecule has 3 aromatic rings. The second-order valence-corrected chi connectivity index (χ2v) is 6.55. The van der Waals surface area contributed by atoms with E-state index in [1.165, 1.54) is 18.2 Å². The van der Waals surface area contributed by atoms with Gasteiger partial charge in [-0.1, -0.05) is 18.2 Å². The number of ether oxygens (including phenoxy) is 1. The van der Waals surface area contributed by atoms with E-state index in [0.717, 1.165) is 23.3 Å². The van der Waals surface area contributed by atoms with Crippen molar-refractivity contribution in [3.8, 4) is 5.75 Å². The maximum atomic E-state index is 13.7. The van der Waals surface area contributed by atoms with Crippen LogP contribution in [0.4, 0.5) is 18.9 Å². The van der Waals surface area contributed by atoms with Crippen LogP contribution in [-0.2, 0) is 0 Å². The summed E-state index contributed by atoms with van der Waals surface area (Å²) in [6.45, 7) is 1.84. The molecule has 0 radical (unpaired) electrons. The fraction of sp³-hybridized carbons (Fsp3) is 0.182. The maximum Gasteiger partial charge on any atom is 0.159 e. The molecule has 146 valence electrons. The number of nitrogens with one attached hydrogen (secondary N) is 1. The Bertz CT molecular complexity index is 960. The van der Waals surface area contributed by atoms with Gasteiger partial charge in [0.2, 0.25) is 0 Å². The Balaban J connectivity index is 2.02. The van der Waals surface area contributed by atoms with Crippen molar-refractivity contribution in [3.05, 3.63) is 94.8 Å². The van der Waals surface area contributed by atoms with Crippen molar-refractivity contribution in [2.24, 2.45) is 0 Å². The summed E-state index contributed by atoms with van der Waals surface area (Å²) in [4.78, 5) is 0. The Morgan fingerprint density at radius 1 is 0.857 bits per heavy atom. The molecule has 2 unspecified atom stereocenters. The fourth-order valence-corrected chi connectivity index (χ4v) is 3.13. The standard InChI is InChI=1S/C22H21F3N2O/c1-13(15-5-9-19(24)20(25)11-15)27-22(14-3-6-16(23)7-4-14)18-12-17(26)8-10-21(18)28-2/h3-13,22,27H,26H2,1-2H3. The summed E-state index contributed by atoms with van der Waals surface area (Å²) in [5, 5.41) is 3.39. The predicted octanol–water partition coefficient (Wildman–Crippen LogP) is 5.13. The molecule has 0 spiro atoms. The summed E-state index contributed by atoms with van der Waals surface area (Å²) in [6, 6.07) is 14.3. The van der Waals surface area contributed by atoms with Crippen molar-refractivity contribution < 1.29 is 17.9 Å². The number of rotatable bonds is 6. The van der Waals surface area contributed by atoms with E-state index in [2.05, 4.69) is 5.32 Å². The number of nitrogens with two attached hydrogens (primary N) is 1. The van der Waals surface area contributed by atoms with Crippen LogP contribution in [0.15, 0.2) is 60.7 Å². The van der Waals surface area contributed by atoms with Gasteiger partial charge in [-0.05, 0) is 60.5 Å². The van der Waals surface area contributed by atoms with Crippen LogP contribution in [0, 0.1) is 17.5 Å². The second kappa shape index (κ2) is 8.35. The third-order valence-electron chi connectivity index (χ3n) is 4.63. The Hall–Kier alpha value is -2.99. The number of nitrogen functional groups attached to an aromatic ring is 1. The topological polar surface area (TPSA) is 47.3 Å². The third-order valence-corrected chi connectivity index (χ3v) is 4.63. The zero-order valence-electron chi connectivity index (χ0n) is 15.5. The van der Waals surface area contributed by atoms with E-state index in [1.807, 2.05) is 6.92 Å². The van der Waals surface area contributed by atoms with Crippen molar-refractivity contribution in [2.45, 2.75) is 19.0 Å². The maximum absolute atomic E-state index is 13.7. The third kappa shape index (κ3) is 4.28. The molecule has 0 bridgehead atoms. The van der Waals surface area contributed by atoms with Crippen LogP contribution in [0.1, 0.15) is 35.7 Å². The largest absolute Gasteiger partial charge is 0.496 e. The molecule has 0 aromatic heterocycles. The van der Waals surface area contributed by atoms with E-state index >= 15 is 0 Å². The van der Waals surface area contributed by atoms with Crippen LogP contribution in [0.5, 0.6) is 5.75 Å². The summed E-state index contributed by atoms with van der Waals surface area (Å²) >= 11 is 0. The van der Waals surface area contributed by atoms with Crippen LogP contribution >= 0.6 is 0 Å². The van der Waals surface area contributed by atoms with E-state index in [9.17, 15) is 13.2 Å². The first-order valence-corrected chi connectivity index (χ1v) is 8.79. The van der Waals surface area contributed by atoms with Gasteiger partial charge in [-0.3, -0.25) is 5.32 Å². The van der Waals surface area contributed by atoms with Crippen molar-refractivity contribution in [2.75, 3.05) is 12.8 Å². The molecule has 0 saturated heterocycles. The highest BCUT2D eigenvalue weighted by atomic mass is 19.2. The Labute approximate surface area is 162 Å². The van der Waals surface area contributed by atoms with Gasteiger partial charge in [0.15, 0.2) is 11.6 Å². The predicted molar refractivity (Wildman–Crippen MR) is 104 cm³/mol. The zero-order chi connectivity index (χ0) is 20.3. The van der Waals surface area contributed by atoms with E-state index in [1.54, 1.807) is 37.4 Å². The molecule has 0 saturated carbocycles. The van der Waals surface area contributed by atoms with E-state index in [-0.39, 0.29) is 11.9 Å². The monoisotopic (exact) mass is 386 g/mol. The minimum absolute atomic E-state index is 0.337.